The molecular weight excluding hydrogens is 322 g/mol. The zero-order chi connectivity index (χ0) is 17.1. The quantitative estimate of drug-likeness (QED) is 0.749. The molecule has 0 aliphatic carbocycles. The number of benzene rings is 1. The molecular formula is C18H19N3O2S. The van der Waals surface area contributed by atoms with Crippen molar-refractivity contribution in [2.24, 2.45) is 0 Å². The summed E-state index contributed by atoms with van der Waals surface area (Å²) in [7, 11) is 0. The first-order valence-corrected chi connectivity index (χ1v) is 8.55. The highest BCUT2D eigenvalue weighted by Gasteiger charge is 2.11. The van der Waals surface area contributed by atoms with Crippen molar-refractivity contribution >= 4 is 17.2 Å². The van der Waals surface area contributed by atoms with E-state index in [1.807, 2.05) is 19.2 Å². The minimum Gasteiger partial charge on any atom is -0.508 e. The number of aromatic nitrogens is 2. The number of nitrogens with one attached hydrogen (secondary N) is 1. The molecule has 3 aromatic rings. The normalized spacial score (nSPS) is 10.8. The summed E-state index contributed by atoms with van der Waals surface area (Å²) in [4.78, 5) is 16.6. The smallest absolute Gasteiger partial charge is 0.226 e. The van der Waals surface area contributed by atoms with Crippen molar-refractivity contribution in [2.75, 3.05) is 0 Å². The predicted molar refractivity (Wildman–Crippen MR) is 94.6 cm³/mol. The first-order valence-electron chi connectivity index (χ1n) is 7.67. The average molecular weight is 341 g/mol. The Hall–Kier alpha value is -2.60. The van der Waals surface area contributed by atoms with Gasteiger partial charge in [0.15, 0.2) is 5.13 Å². The van der Waals surface area contributed by atoms with Crippen molar-refractivity contribution in [1.82, 2.24) is 14.9 Å². The summed E-state index contributed by atoms with van der Waals surface area (Å²) in [6.07, 6.45) is 0.258. The second kappa shape index (κ2) is 6.88. The van der Waals surface area contributed by atoms with Gasteiger partial charge in [-0.15, -0.1) is 11.3 Å². The van der Waals surface area contributed by atoms with Gasteiger partial charge in [-0.1, -0.05) is 12.1 Å². The van der Waals surface area contributed by atoms with E-state index in [1.54, 1.807) is 24.3 Å². The van der Waals surface area contributed by atoms with E-state index in [4.69, 9.17) is 0 Å². The molecule has 1 amide bonds. The van der Waals surface area contributed by atoms with Crippen LogP contribution < -0.4 is 5.32 Å². The van der Waals surface area contributed by atoms with Gasteiger partial charge in [0, 0.05) is 23.3 Å². The highest BCUT2D eigenvalue weighted by atomic mass is 32.1. The summed E-state index contributed by atoms with van der Waals surface area (Å²) in [5.74, 6) is 0.150. The molecule has 0 aliphatic rings. The van der Waals surface area contributed by atoms with E-state index >= 15 is 0 Å². The Morgan fingerprint density at radius 3 is 2.50 bits per heavy atom. The number of amides is 1. The molecule has 2 heterocycles. The lowest BCUT2D eigenvalue weighted by Gasteiger charge is -2.05. The van der Waals surface area contributed by atoms with Crippen molar-refractivity contribution in [3.8, 4) is 10.9 Å². The molecule has 0 fully saturated rings. The van der Waals surface area contributed by atoms with E-state index in [-0.39, 0.29) is 18.1 Å². The molecule has 0 radical (unpaired) electrons. The summed E-state index contributed by atoms with van der Waals surface area (Å²) in [5, 5.41) is 14.9. The first-order chi connectivity index (χ1) is 11.5. The van der Waals surface area contributed by atoms with E-state index in [2.05, 4.69) is 27.0 Å². The second-order valence-electron chi connectivity index (χ2n) is 5.69. The number of phenols is 1. The zero-order valence-corrected chi connectivity index (χ0v) is 14.4. The van der Waals surface area contributed by atoms with Crippen molar-refractivity contribution in [3.05, 3.63) is 64.4 Å². The van der Waals surface area contributed by atoms with Gasteiger partial charge in [-0.2, -0.15) is 0 Å². The van der Waals surface area contributed by atoms with Gasteiger partial charge in [-0.3, -0.25) is 9.36 Å². The maximum atomic E-state index is 12.1. The van der Waals surface area contributed by atoms with E-state index < -0.39 is 0 Å². The van der Waals surface area contributed by atoms with Crippen molar-refractivity contribution in [3.63, 3.8) is 0 Å². The van der Waals surface area contributed by atoms with Gasteiger partial charge in [-0.05, 0) is 43.7 Å². The Bertz CT molecular complexity index is 830. The molecule has 2 N–H and O–H groups in total. The summed E-state index contributed by atoms with van der Waals surface area (Å²) >= 11 is 1.54. The van der Waals surface area contributed by atoms with Gasteiger partial charge in [0.05, 0.1) is 12.1 Å². The lowest BCUT2D eigenvalue weighted by molar-refractivity contribution is -0.120. The summed E-state index contributed by atoms with van der Waals surface area (Å²) < 4.78 is 2.09. The standard InChI is InChI=1S/C18H19N3O2S/c1-12-3-4-13(2)21(12)18-20-15(11-24-18)9-17(23)19-10-14-5-7-16(22)8-6-14/h3-8,11,22H,9-10H2,1-2H3,(H,19,23). The number of phenolic OH excluding ortho intramolecular Hbond substituents is 1. The average Bonchev–Trinajstić information content (AvgIpc) is 3.13. The van der Waals surface area contributed by atoms with Gasteiger partial charge in [-0.25, -0.2) is 4.98 Å². The maximum Gasteiger partial charge on any atom is 0.226 e. The maximum absolute atomic E-state index is 12.1. The Morgan fingerprint density at radius 1 is 1.17 bits per heavy atom. The molecule has 6 heteroatoms. The summed E-state index contributed by atoms with van der Waals surface area (Å²) in [6, 6.07) is 10.9. The molecule has 0 spiro atoms. The van der Waals surface area contributed by atoms with Crippen molar-refractivity contribution in [1.29, 1.82) is 0 Å². The first kappa shape index (κ1) is 16.3. The van der Waals surface area contributed by atoms with E-state index in [9.17, 15) is 9.90 Å². The summed E-state index contributed by atoms with van der Waals surface area (Å²) in [6.45, 7) is 4.52. The molecule has 124 valence electrons. The minimum atomic E-state index is -0.0686. The number of rotatable bonds is 5. The molecule has 0 saturated heterocycles. The fourth-order valence-corrected chi connectivity index (χ4v) is 3.43. The number of carbonyl (C=O) groups excluding carboxylic acids is 1. The van der Waals surface area contributed by atoms with Crippen LogP contribution in [0.4, 0.5) is 0 Å². The molecule has 3 rings (SSSR count). The molecule has 0 saturated carbocycles. The number of carbonyl (C=O) groups is 1. The monoisotopic (exact) mass is 341 g/mol. The van der Waals surface area contributed by atoms with Crippen LogP contribution in [-0.2, 0) is 17.8 Å². The molecule has 0 aliphatic heterocycles. The zero-order valence-electron chi connectivity index (χ0n) is 13.6. The molecule has 0 bridgehead atoms. The Balaban J connectivity index is 1.60. The lowest BCUT2D eigenvalue weighted by Crippen LogP contribution is -2.24. The predicted octanol–water partition coefficient (Wildman–Crippen LogP) is 3.12. The second-order valence-corrected chi connectivity index (χ2v) is 6.53. The highest BCUT2D eigenvalue weighted by Crippen LogP contribution is 2.20. The van der Waals surface area contributed by atoms with Gasteiger partial charge in [0.1, 0.15) is 5.75 Å². The van der Waals surface area contributed by atoms with Gasteiger partial charge in [0.2, 0.25) is 5.91 Å². The van der Waals surface area contributed by atoms with Crippen LogP contribution in [0.2, 0.25) is 0 Å². The van der Waals surface area contributed by atoms with Crippen LogP contribution in [-0.4, -0.2) is 20.6 Å². The van der Waals surface area contributed by atoms with Gasteiger partial charge >= 0.3 is 0 Å². The van der Waals surface area contributed by atoms with Crippen LogP contribution >= 0.6 is 11.3 Å². The van der Waals surface area contributed by atoms with Crippen LogP contribution in [0.15, 0.2) is 41.8 Å². The number of thiazole rings is 1. The number of hydrogen-bond donors (Lipinski definition) is 2. The number of aryl methyl sites for hydroxylation is 2. The van der Waals surface area contributed by atoms with E-state index in [0.717, 1.165) is 27.8 Å². The van der Waals surface area contributed by atoms with Crippen molar-refractivity contribution < 1.29 is 9.90 Å². The van der Waals surface area contributed by atoms with Crippen molar-refractivity contribution in [2.45, 2.75) is 26.8 Å². The highest BCUT2D eigenvalue weighted by molar-refractivity contribution is 7.12. The number of aromatic hydroxyl groups is 1. The lowest BCUT2D eigenvalue weighted by atomic mass is 10.2. The van der Waals surface area contributed by atoms with Crippen LogP contribution in [0.1, 0.15) is 22.6 Å². The molecule has 24 heavy (non-hydrogen) atoms. The Labute approximate surface area is 144 Å². The number of nitrogens with zero attached hydrogens (tertiary/aromatic N) is 2. The Kier molecular flexibility index (Phi) is 4.66. The SMILES string of the molecule is Cc1ccc(C)n1-c1nc(CC(=O)NCc2ccc(O)cc2)cs1. The topological polar surface area (TPSA) is 67.2 Å². The fourth-order valence-electron chi connectivity index (χ4n) is 2.49. The van der Waals surface area contributed by atoms with Crippen LogP contribution in [0, 0.1) is 13.8 Å². The largest absolute Gasteiger partial charge is 0.508 e. The van der Waals surface area contributed by atoms with E-state index in [1.165, 1.54) is 11.3 Å². The number of hydrogen-bond acceptors (Lipinski definition) is 4. The fraction of sp³-hybridized carbons (Fsp3) is 0.222. The molecule has 1 aromatic carbocycles. The third kappa shape index (κ3) is 3.65. The molecule has 2 aromatic heterocycles. The minimum absolute atomic E-state index is 0.0686. The summed E-state index contributed by atoms with van der Waals surface area (Å²) in [5.41, 5.74) is 3.97. The molecule has 0 atom stereocenters. The van der Waals surface area contributed by atoms with E-state index in [0.29, 0.717) is 6.54 Å². The van der Waals surface area contributed by atoms with Gasteiger partial charge in [0.25, 0.3) is 0 Å². The Morgan fingerprint density at radius 2 is 1.83 bits per heavy atom. The molecule has 5 nitrogen and oxygen atoms in total. The van der Waals surface area contributed by atoms with Crippen LogP contribution in [0.5, 0.6) is 5.75 Å². The third-order valence-corrected chi connectivity index (χ3v) is 4.64. The van der Waals surface area contributed by atoms with Gasteiger partial charge < -0.3 is 10.4 Å². The van der Waals surface area contributed by atoms with Crippen LogP contribution in [0.3, 0.4) is 0 Å². The van der Waals surface area contributed by atoms with Crippen LogP contribution in [0.25, 0.3) is 5.13 Å². The third-order valence-electron chi connectivity index (χ3n) is 3.77. The molecule has 0 unspecified atom stereocenters.